The summed E-state index contributed by atoms with van der Waals surface area (Å²) in [5.41, 5.74) is -0.210. The Morgan fingerprint density at radius 3 is 2.94 bits per heavy atom. The lowest BCUT2D eigenvalue weighted by molar-refractivity contribution is 0.0508. The van der Waals surface area contributed by atoms with Crippen LogP contribution in [-0.4, -0.2) is 22.7 Å². The van der Waals surface area contributed by atoms with Crippen LogP contribution in [0.4, 0.5) is 8.78 Å². The average molecular weight is 254 g/mol. The first-order valence-corrected chi connectivity index (χ1v) is 5.08. The zero-order chi connectivity index (χ0) is 13.1. The van der Waals surface area contributed by atoms with Crippen molar-refractivity contribution in [1.82, 2.24) is 10.1 Å². The van der Waals surface area contributed by atoms with Gasteiger partial charge >= 0.3 is 5.97 Å². The van der Waals surface area contributed by atoms with Crippen molar-refractivity contribution in [2.75, 3.05) is 6.61 Å². The Kier molecular flexibility index (Phi) is 3.31. The second-order valence-corrected chi connectivity index (χ2v) is 3.27. The maximum absolute atomic E-state index is 13.4. The van der Waals surface area contributed by atoms with E-state index >= 15 is 0 Å². The van der Waals surface area contributed by atoms with Gasteiger partial charge in [0.25, 0.3) is 11.7 Å². The summed E-state index contributed by atoms with van der Waals surface area (Å²) in [5, 5.41) is 3.33. The molecule has 0 spiro atoms. The molecule has 1 aromatic heterocycles. The van der Waals surface area contributed by atoms with E-state index in [-0.39, 0.29) is 23.9 Å². The molecule has 7 heteroatoms. The number of benzene rings is 1. The van der Waals surface area contributed by atoms with Gasteiger partial charge in [-0.3, -0.25) is 0 Å². The first-order chi connectivity index (χ1) is 8.61. The fourth-order valence-electron chi connectivity index (χ4n) is 1.27. The number of aromatic nitrogens is 2. The minimum absolute atomic E-state index is 0.150. The number of halogens is 2. The van der Waals surface area contributed by atoms with Crippen LogP contribution in [-0.2, 0) is 4.74 Å². The molecule has 0 aliphatic rings. The van der Waals surface area contributed by atoms with Gasteiger partial charge < -0.3 is 9.26 Å². The number of ether oxygens (including phenoxy) is 1. The number of esters is 1. The van der Waals surface area contributed by atoms with E-state index in [1.165, 1.54) is 0 Å². The molecule has 0 aliphatic heterocycles. The van der Waals surface area contributed by atoms with Crippen molar-refractivity contribution in [2.24, 2.45) is 0 Å². The molecular formula is C11H8F2N2O3. The van der Waals surface area contributed by atoms with Gasteiger partial charge in [0, 0.05) is 0 Å². The topological polar surface area (TPSA) is 65.2 Å². The fourth-order valence-corrected chi connectivity index (χ4v) is 1.27. The Bertz CT molecular complexity index is 583. The molecule has 1 heterocycles. The van der Waals surface area contributed by atoms with Gasteiger partial charge in [-0.1, -0.05) is 0 Å². The van der Waals surface area contributed by atoms with E-state index in [2.05, 4.69) is 19.4 Å². The van der Waals surface area contributed by atoms with Crippen LogP contribution in [0.1, 0.15) is 17.5 Å². The van der Waals surface area contributed by atoms with Gasteiger partial charge in [0.2, 0.25) is 0 Å². The highest BCUT2D eigenvalue weighted by Gasteiger charge is 2.19. The number of rotatable bonds is 3. The fraction of sp³-hybridized carbons (Fsp3) is 0.182. The largest absolute Gasteiger partial charge is 0.460 e. The van der Waals surface area contributed by atoms with Crippen LogP contribution in [0.5, 0.6) is 0 Å². The maximum Gasteiger partial charge on any atom is 0.379 e. The maximum atomic E-state index is 13.4. The highest BCUT2D eigenvalue weighted by atomic mass is 19.1. The number of hydrogen-bond donors (Lipinski definition) is 0. The monoisotopic (exact) mass is 254 g/mol. The Hall–Kier alpha value is -2.31. The zero-order valence-electron chi connectivity index (χ0n) is 9.31. The van der Waals surface area contributed by atoms with Gasteiger partial charge in [0.05, 0.1) is 12.2 Å². The van der Waals surface area contributed by atoms with Gasteiger partial charge in [-0.05, 0) is 30.3 Å². The first-order valence-electron chi connectivity index (χ1n) is 5.08. The molecule has 0 amide bonds. The number of nitrogens with zero attached hydrogens (tertiary/aromatic N) is 2. The molecule has 2 rings (SSSR count). The molecular weight excluding hydrogens is 246 g/mol. The molecule has 94 valence electrons. The minimum Gasteiger partial charge on any atom is -0.460 e. The van der Waals surface area contributed by atoms with Crippen molar-refractivity contribution in [2.45, 2.75) is 6.92 Å². The van der Waals surface area contributed by atoms with E-state index in [4.69, 9.17) is 0 Å². The molecule has 0 fully saturated rings. The lowest BCUT2D eigenvalue weighted by Crippen LogP contribution is -2.06. The van der Waals surface area contributed by atoms with E-state index < -0.39 is 17.6 Å². The first kappa shape index (κ1) is 12.2. The lowest BCUT2D eigenvalue weighted by atomic mass is 10.2. The Balaban J connectivity index is 2.35. The molecule has 5 nitrogen and oxygen atoms in total. The molecule has 2 aromatic rings. The SMILES string of the molecule is CCOC(=O)c1noc(-c2cc(F)ccc2F)n1. The summed E-state index contributed by atoms with van der Waals surface area (Å²) < 4.78 is 35.7. The van der Waals surface area contributed by atoms with Crippen LogP contribution >= 0.6 is 0 Å². The lowest BCUT2D eigenvalue weighted by Gasteiger charge is -1.96. The van der Waals surface area contributed by atoms with E-state index in [1.807, 2.05) is 0 Å². The Morgan fingerprint density at radius 1 is 1.44 bits per heavy atom. The van der Waals surface area contributed by atoms with Gasteiger partial charge in [-0.25, -0.2) is 13.6 Å². The van der Waals surface area contributed by atoms with Crippen molar-refractivity contribution < 1.29 is 22.8 Å². The predicted molar refractivity (Wildman–Crippen MR) is 55.6 cm³/mol. The highest BCUT2D eigenvalue weighted by Crippen LogP contribution is 2.22. The molecule has 0 saturated carbocycles. The van der Waals surface area contributed by atoms with Crippen LogP contribution < -0.4 is 0 Å². The van der Waals surface area contributed by atoms with Crippen LogP contribution in [0.3, 0.4) is 0 Å². The van der Waals surface area contributed by atoms with Crippen molar-refractivity contribution in [1.29, 1.82) is 0 Å². The van der Waals surface area contributed by atoms with E-state index in [1.54, 1.807) is 6.92 Å². The average Bonchev–Trinajstić information content (AvgIpc) is 2.82. The van der Waals surface area contributed by atoms with Crippen molar-refractivity contribution in [3.8, 4) is 11.5 Å². The number of carbonyl (C=O) groups is 1. The molecule has 18 heavy (non-hydrogen) atoms. The van der Waals surface area contributed by atoms with E-state index in [9.17, 15) is 13.6 Å². The van der Waals surface area contributed by atoms with Crippen LogP contribution in [0, 0.1) is 11.6 Å². The third-order valence-corrected chi connectivity index (χ3v) is 2.04. The summed E-state index contributed by atoms with van der Waals surface area (Å²) in [6.07, 6.45) is 0. The minimum atomic E-state index is -0.788. The molecule has 0 bridgehead atoms. The summed E-state index contributed by atoms with van der Waals surface area (Å²) in [4.78, 5) is 14.9. The summed E-state index contributed by atoms with van der Waals surface area (Å²) in [6, 6.07) is 2.79. The summed E-state index contributed by atoms with van der Waals surface area (Å²) in [6.45, 7) is 1.77. The molecule has 1 aromatic carbocycles. The number of carbonyl (C=O) groups excluding carboxylic acids is 1. The van der Waals surface area contributed by atoms with E-state index in [0.717, 1.165) is 18.2 Å². The molecule has 0 unspecified atom stereocenters. The van der Waals surface area contributed by atoms with Gasteiger partial charge in [0.1, 0.15) is 11.6 Å². The standard InChI is InChI=1S/C11H8F2N2O3/c1-2-17-11(16)9-14-10(18-15-9)7-5-6(12)3-4-8(7)13/h3-5H,2H2,1H3. The van der Waals surface area contributed by atoms with Gasteiger partial charge in [0.15, 0.2) is 0 Å². The van der Waals surface area contributed by atoms with Gasteiger partial charge in [-0.15, -0.1) is 0 Å². The van der Waals surface area contributed by atoms with Crippen LogP contribution in [0.25, 0.3) is 11.5 Å². The second-order valence-electron chi connectivity index (χ2n) is 3.27. The quantitative estimate of drug-likeness (QED) is 0.785. The number of hydrogen-bond acceptors (Lipinski definition) is 5. The van der Waals surface area contributed by atoms with E-state index in [0.29, 0.717) is 0 Å². The highest BCUT2D eigenvalue weighted by molar-refractivity contribution is 5.85. The van der Waals surface area contributed by atoms with Crippen molar-refractivity contribution in [3.05, 3.63) is 35.7 Å². The Labute approximate surface area is 100 Å². The summed E-state index contributed by atoms with van der Waals surface area (Å²) in [7, 11) is 0. The van der Waals surface area contributed by atoms with Crippen LogP contribution in [0.15, 0.2) is 22.7 Å². The summed E-state index contributed by atoms with van der Waals surface area (Å²) >= 11 is 0. The molecule has 0 saturated heterocycles. The molecule has 0 aliphatic carbocycles. The smallest absolute Gasteiger partial charge is 0.379 e. The van der Waals surface area contributed by atoms with Crippen molar-refractivity contribution >= 4 is 5.97 Å². The van der Waals surface area contributed by atoms with Gasteiger partial charge in [-0.2, -0.15) is 4.98 Å². The predicted octanol–water partition coefficient (Wildman–Crippen LogP) is 2.19. The normalized spacial score (nSPS) is 10.4. The van der Waals surface area contributed by atoms with Crippen molar-refractivity contribution in [3.63, 3.8) is 0 Å². The zero-order valence-corrected chi connectivity index (χ0v) is 9.31. The third-order valence-electron chi connectivity index (χ3n) is 2.04. The molecule has 0 radical (unpaired) electrons. The Morgan fingerprint density at radius 2 is 2.22 bits per heavy atom. The third kappa shape index (κ3) is 2.34. The molecule has 0 atom stereocenters. The molecule has 0 N–H and O–H groups in total. The summed E-state index contributed by atoms with van der Waals surface area (Å²) in [5.74, 6) is -2.78. The van der Waals surface area contributed by atoms with Crippen LogP contribution in [0.2, 0.25) is 0 Å². The second kappa shape index (κ2) is 4.91.